The molecule has 1 heterocycles. The number of sulfone groups is 1. The first kappa shape index (κ1) is 25.9. The van der Waals surface area contributed by atoms with Crippen molar-refractivity contribution in [3.05, 3.63) is 157 Å². The maximum atomic E-state index is 14.3. The van der Waals surface area contributed by atoms with E-state index in [1.54, 1.807) is 0 Å². The van der Waals surface area contributed by atoms with Crippen LogP contribution >= 0.6 is 7.26 Å². The molecule has 0 saturated heterocycles. The van der Waals surface area contributed by atoms with Crippen molar-refractivity contribution in [1.29, 1.82) is 0 Å². The molecule has 4 nitrogen and oxygen atoms in total. The second-order valence-electron chi connectivity index (χ2n) is 9.53. The molecule has 1 N–H and O–H groups in total. The molecule has 6 rings (SSSR count). The smallest absolute Gasteiger partial charge is 0.219 e. The molecule has 6 heteroatoms. The van der Waals surface area contributed by atoms with Gasteiger partial charge in [0.1, 0.15) is 21.7 Å². The zero-order chi connectivity index (χ0) is 27.4. The Bertz CT molecular complexity index is 1710. The van der Waals surface area contributed by atoms with Crippen LogP contribution in [-0.4, -0.2) is 18.4 Å². The molecule has 196 valence electrons. The largest absolute Gasteiger partial charge is 0.307 e. The summed E-state index contributed by atoms with van der Waals surface area (Å²) in [5.74, 6) is 0.396. The molecule has 0 spiro atoms. The van der Waals surface area contributed by atoms with E-state index in [0.29, 0.717) is 11.3 Å². The third kappa shape index (κ3) is 4.79. The maximum absolute atomic E-state index is 14.3. The van der Waals surface area contributed by atoms with Gasteiger partial charge in [-0.3, -0.25) is 0 Å². The highest BCUT2D eigenvalue weighted by atomic mass is 32.2. The summed E-state index contributed by atoms with van der Waals surface area (Å²) in [6.07, 6.45) is 0. The Kier molecular flexibility index (Phi) is 7.17. The number of rotatable bonds is 8. The molecule has 0 fully saturated rings. The fraction of sp³-hybridized carbons (Fsp3) is 0.0294. The van der Waals surface area contributed by atoms with Crippen molar-refractivity contribution >= 4 is 38.4 Å². The zero-order valence-electron chi connectivity index (χ0n) is 21.8. The van der Waals surface area contributed by atoms with E-state index in [9.17, 15) is 8.42 Å². The monoisotopic (exact) mass is 559 g/mol. The van der Waals surface area contributed by atoms with Crippen LogP contribution < -0.4 is 21.3 Å². The molecule has 0 saturated carbocycles. The first-order valence-corrected chi connectivity index (χ1v) is 16.5. The van der Waals surface area contributed by atoms with E-state index in [1.807, 2.05) is 115 Å². The van der Waals surface area contributed by atoms with Gasteiger partial charge in [0, 0.05) is 5.56 Å². The van der Waals surface area contributed by atoms with Gasteiger partial charge in [-0.2, -0.15) is 0 Å². The van der Waals surface area contributed by atoms with Crippen LogP contribution in [-0.2, 0) is 15.6 Å². The number of benzene rings is 5. The van der Waals surface area contributed by atoms with Gasteiger partial charge >= 0.3 is 0 Å². The summed E-state index contributed by atoms with van der Waals surface area (Å²) < 4.78 is 28.7. The van der Waals surface area contributed by atoms with Crippen molar-refractivity contribution in [2.75, 3.05) is 0 Å². The van der Waals surface area contributed by atoms with E-state index >= 15 is 0 Å². The Morgan fingerprint density at radius 3 is 1.40 bits per heavy atom. The average Bonchev–Trinajstić information content (AvgIpc) is 3.47. The van der Waals surface area contributed by atoms with Crippen LogP contribution in [0.2, 0.25) is 0 Å². The Morgan fingerprint density at radius 2 is 0.950 bits per heavy atom. The summed E-state index contributed by atoms with van der Waals surface area (Å²) in [6.45, 7) is 0. The number of nitrogens with one attached hydrogen (secondary N) is 1. The van der Waals surface area contributed by atoms with Gasteiger partial charge in [0.2, 0.25) is 20.3 Å². The first-order chi connectivity index (χ1) is 19.6. The predicted molar refractivity (Wildman–Crippen MR) is 166 cm³/mol. The molecule has 6 aromatic rings. The van der Waals surface area contributed by atoms with Crippen LogP contribution in [0.15, 0.2) is 157 Å². The van der Waals surface area contributed by atoms with Crippen LogP contribution in [0.25, 0.3) is 11.4 Å². The lowest BCUT2D eigenvalue weighted by Gasteiger charge is -2.26. The SMILES string of the molecule is O=S(=O)(Cc1ccccc1)c1nc(-c2ccccc2)[nH]c1[P+](c1ccccc1)(c1ccccc1)c1ccccc1. The summed E-state index contributed by atoms with van der Waals surface area (Å²) >= 11 is 0. The number of aromatic nitrogens is 2. The molecule has 0 unspecified atom stereocenters. The first-order valence-electron chi connectivity index (χ1n) is 13.1. The van der Waals surface area contributed by atoms with Crippen LogP contribution in [0.4, 0.5) is 0 Å². The fourth-order valence-corrected chi connectivity index (χ4v) is 11.5. The predicted octanol–water partition coefficient (Wildman–Crippen LogP) is 5.67. The third-order valence-corrected chi connectivity index (χ3v) is 12.9. The topological polar surface area (TPSA) is 62.8 Å². The molecule has 40 heavy (non-hydrogen) atoms. The minimum atomic E-state index is -3.85. The number of hydrogen-bond donors (Lipinski definition) is 1. The van der Waals surface area contributed by atoms with E-state index < -0.39 is 17.1 Å². The summed E-state index contributed by atoms with van der Waals surface area (Å²) in [4.78, 5) is 8.46. The number of nitrogens with zero attached hydrogens (tertiary/aromatic N) is 1. The Balaban J connectivity index is 1.72. The summed E-state index contributed by atoms with van der Waals surface area (Å²) in [5.41, 5.74) is 2.18. The third-order valence-electron chi connectivity index (χ3n) is 6.96. The Labute approximate surface area is 235 Å². The zero-order valence-corrected chi connectivity index (χ0v) is 23.5. The molecule has 0 atom stereocenters. The van der Waals surface area contributed by atoms with E-state index in [-0.39, 0.29) is 10.8 Å². The maximum Gasteiger partial charge on any atom is 0.219 e. The van der Waals surface area contributed by atoms with Gasteiger partial charge < -0.3 is 4.98 Å². The lowest BCUT2D eigenvalue weighted by Crippen LogP contribution is -2.41. The van der Waals surface area contributed by atoms with Crippen molar-refractivity contribution in [1.82, 2.24) is 9.97 Å². The number of hydrogen-bond acceptors (Lipinski definition) is 3. The van der Waals surface area contributed by atoms with Crippen molar-refractivity contribution in [2.24, 2.45) is 0 Å². The summed E-state index contributed by atoms with van der Waals surface area (Å²) in [6, 6.07) is 49.7. The van der Waals surface area contributed by atoms with Gasteiger partial charge in [-0.25, -0.2) is 13.4 Å². The van der Waals surface area contributed by atoms with Gasteiger partial charge in [-0.15, -0.1) is 0 Å². The number of aromatic amines is 1. The van der Waals surface area contributed by atoms with Crippen LogP contribution in [0.1, 0.15) is 5.56 Å². The van der Waals surface area contributed by atoms with Crippen LogP contribution in [0.3, 0.4) is 0 Å². The second-order valence-corrected chi connectivity index (χ2v) is 14.8. The molecular weight excluding hydrogens is 531 g/mol. The lowest BCUT2D eigenvalue weighted by molar-refractivity contribution is 0.593. The minimum Gasteiger partial charge on any atom is -0.307 e. The van der Waals surface area contributed by atoms with Gasteiger partial charge in [-0.05, 0) is 42.0 Å². The highest BCUT2D eigenvalue weighted by Gasteiger charge is 2.53. The van der Waals surface area contributed by atoms with Crippen LogP contribution in [0, 0.1) is 0 Å². The normalized spacial score (nSPS) is 11.8. The fourth-order valence-electron chi connectivity index (χ4n) is 5.18. The molecule has 0 bridgehead atoms. The molecular formula is C34H28N2O2PS+. The molecule has 0 radical (unpaired) electrons. The summed E-state index contributed by atoms with van der Waals surface area (Å²) in [7, 11) is -6.59. The van der Waals surface area contributed by atoms with Crippen molar-refractivity contribution in [3.63, 3.8) is 0 Å². The lowest BCUT2D eigenvalue weighted by atomic mass is 10.2. The standard InChI is InChI=1S/C34H28N2O2PS/c37-40(38,26-27-16-6-1-7-17-27)34-33(35-32(36-34)28-18-8-2-9-19-28)39(29-20-10-3-11-21-29,30-22-12-4-13-23-30)31-24-14-5-15-25-31/h1-25H,26H2,(H,35,36)/q+1. The molecule has 5 aromatic carbocycles. The minimum absolute atomic E-state index is 0.0973. The highest BCUT2D eigenvalue weighted by molar-refractivity contribution is 8.02. The van der Waals surface area contributed by atoms with Crippen LogP contribution in [0.5, 0.6) is 0 Å². The van der Waals surface area contributed by atoms with Crippen molar-refractivity contribution in [2.45, 2.75) is 10.8 Å². The van der Waals surface area contributed by atoms with Gasteiger partial charge in [0.25, 0.3) is 0 Å². The summed E-state index contributed by atoms with van der Waals surface area (Å²) in [5, 5.41) is 3.24. The van der Waals surface area contributed by atoms with E-state index in [2.05, 4.69) is 41.4 Å². The Hall–Kier alpha value is -4.31. The van der Waals surface area contributed by atoms with Crippen molar-refractivity contribution < 1.29 is 8.42 Å². The average molecular weight is 560 g/mol. The van der Waals surface area contributed by atoms with Gasteiger partial charge in [0.15, 0.2) is 7.26 Å². The van der Waals surface area contributed by atoms with E-state index in [0.717, 1.165) is 27.0 Å². The molecule has 0 aliphatic heterocycles. The number of imidazole rings is 1. The van der Waals surface area contributed by atoms with Crippen molar-refractivity contribution in [3.8, 4) is 11.4 Å². The van der Waals surface area contributed by atoms with E-state index in [4.69, 9.17) is 4.98 Å². The quantitative estimate of drug-likeness (QED) is 0.245. The number of H-pyrrole nitrogens is 1. The Morgan fingerprint density at radius 1 is 0.550 bits per heavy atom. The molecule has 0 aliphatic rings. The van der Waals surface area contributed by atoms with E-state index in [1.165, 1.54) is 0 Å². The van der Waals surface area contributed by atoms with Gasteiger partial charge in [0.05, 0.1) is 5.75 Å². The second kappa shape index (κ2) is 11.1. The van der Waals surface area contributed by atoms with Gasteiger partial charge in [-0.1, -0.05) is 115 Å². The highest BCUT2D eigenvalue weighted by Crippen LogP contribution is 2.55. The molecule has 1 aromatic heterocycles. The molecule has 0 amide bonds. The molecule has 0 aliphatic carbocycles.